The predicted octanol–water partition coefficient (Wildman–Crippen LogP) is 0.889. The highest BCUT2D eigenvalue weighted by Gasteiger charge is 2.42. The summed E-state index contributed by atoms with van der Waals surface area (Å²) in [5.74, 6) is -0.134. The van der Waals surface area contributed by atoms with E-state index in [0.29, 0.717) is 44.0 Å². The second-order valence-electron chi connectivity index (χ2n) is 7.94. The zero-order valence-corrected chi connectivity index (χ0v) is 17.3. The van der Waals surface area contributed by atoms with Crippen LogP contribution in [-0.2, 0) is 27.4 Å². The van der Waals surface area contributed by atoms with Crippen molar-refractivity contribution in [1.29, 1.82) is 0 Å². The van der Waals surface area contributed by atoms with E-state index in [2.05, 4.69) is 4.98 Å². The molecular weight excluding hydrogens is 384 g/mol. The Morgan fingerprint density at radius 2 is 1.93 bits per heavy atom. The predicted molar refractivity (Wildman–Crippen MR) is 110 cm³/mol. The Labute approximate surface area is 175 Å². The number of benzene rings is 1. The van der Waals surface area contributed by atoms with Gasteiger partial charge in [0.2, 0.25) is 11.8 Å². The molecule has 2 aromatic rings. The second kappa shape index (κ2) is 8.39. The van der Waals surface area contributed by atoms with Gasteiger partial charge in [0.05, 0.1) is 25.2 Å². The van der Waals surface area contributed by atoms with Crippen molar-refractivity contribution < 1.29 is 14.3 Å². The lowest BCUT2D eigenvalue weighted by molar-refractivity contribution is -0.135. The smallest absolute Gasteiger partial charge is 0.348 e. The van der Waals surface area contributed by atoms with Crippen LogP contribution in [-0.4, -0.2) is 63.0 Å². The van der Waals surface area contributed by atoms with E-state index in [0.717, 1.165) is 5.56 Å². The first kappa shape index (κ1) is 20.3. The molecule has 0 spiro atoms. The number of carbonyl (C=O) groups excluding carboxylic acids is 2. The number of rotatable bonds is 4. The molecule has 8 heteroatoms. The number of amides is 2. The first-order valence-electron chi connectivity index (χ1n) is 10.2. The number of aryl methyl sites for hydroxylation is 2. The monoisotopic (exact) mass is 410 g/mol. The van der Waals surface area contributed by atoms with E-state index in [1.165, 1.54) is 4.57 Å². The molecule has 1 aromatic carbocycles. The third-order valence-electron chi connectivity index (χ3n) is 5.79. The van der Waals surface area contributed by atoms with Gasteiger partial charge in [0.1, 0.15) is 6.54 Å². The van der Waals surface area contributed by atoms with Crippen LogP contribution in [0.3, 0.4) is 0 Å². The lowest BCUT2D eigenvalue weighted by atomic mass is 10.1. The van der Waals surface area contributed by atoms with Crippen LogP contribution >= 0.6 is 0 Å². The standard InChI is InChI=1S/C22H26N4O4/c1-15-10-16(2)25(22(29)23-15)14-21(28)24-12-18-19(13-24)30-9-8-20(27)26(18)11-17-6-4-3-5-7-17/h3-7,10,18-19H,8-9,11-14H2,1-2H3/t18-,19-/m0/s1. The Kier molecular flexibility index (Phi) is 5.67. The van der Waals surface area contributed by atoms with Gasteiger partial charge in [-0.15, -0.1) is 0 Å². The summed E-state index contributed by atoms with van der Waals surface area (Å²) in [6.45, 7) is 5.14. The summed E-state index contributed by atoms with van der Waals surface area (Å²) in [4.78, 5) is 45.4. The van der Waals surface area contributed by atoms with Crippen LogP contribution in [0.2, 0.25) is 0 Å². The highest BCUT2D eigenvalue weighted by atomic mass is 16.5. The lowest BCUT2D eigenvalue weighted by Crippen LogP contribution is -2.45. The normalized spacial score (nSPS) is 21.5. The highest BCUT2D eigenvalue weighted by Crippen LogP contribution is 2.25. The fourth-order valence-electron chi connectivity index (χ4n) is 4.24. The quantitative estimate of drug-likeness (QED) is 0.747. The van der Waals surface area contributed by atoms with Gasteiger partial charge in [-0.05, 0) is 25.5 Å². The average molecular weight is 410 g/mol. The number of hydrogen-bond donors (Lipinski definition) is 0. The molecule has 2 atom stereocenters. The zero-order chi connectivity index (χ0) is 21.3. The van der Waals surface area contributed by atoms with E-state index in [4.69, 9.17) is 4.74 Å². The molecule has 1 aromatic heterocycles. The molecule has 2 amide bonds. The maximum absolute atomic E-state index is 13.0. The molecule has 2 aliphatic rings. The van der Waals surface area contributed by atoms with E-state index >= 15 is 0 Å². The lowest BCUT2D eigenvalue weighted by Gasteiger charge is -2.29. The molecule has 2 saturated heterocycles. The van der Waals surface area contributed by atoms with E-state index in [1.807, 2.05) is 35.2 Å². The molecule has 8 nitrogen and oxygen atoms in total. The summed E-state index contributed by atoms with van der Waals surface area (Å²) in [6, 6.07) is 11.4. The van der Waals surface area contributed by atoms with Crippen molar-refractivity contribution in [2.45, 2.75) is 45.5 Å². The number of carbonyl (C=O) groups is 2. The summed E-state index contributed by atoms with van der Waals surface area (Å²) in [5.41, 5.74) is 1.95. The molecule has 0 bridgehead atoms. The van der Waals surface area contributed by atoms with Gasteiger partial charge in [0, 0.05) is 31.0 Å². The van der Waals surface area contributed by atoms with Crippen LogP contribution in [0.15, 0.2) is 41.2 Å². The molecule has 2 fully saturated rings. The topological polar surface area (TPSA) is 84.7 Å². The van der Waals surface area contributed by atoms with E-state index < -0.39 is 5.69 Å². The number of ether oxygens (including phenoxy) is 1. The van der Waals surface area contributed by atoms with E-state index in [-0.39, 0.29) is 30.5 Å². The van der Waals surface area contributed by atoms with Crippen LogP contribution in [0.5, 0.6) is 0 Å². The maximum atomic E-state index is 13.0. The number of likely N-dealkylation sites (tertiary alicyclic amines) is 1. The molecule has 0 saturated carbocycles. The largest absolute Gasteiger partial charge is 0.374 e. The molecular formula is C22H26N4O4. The minimum absolute atomic E-state index is 0.0375. The van der Waals surface area contributed by atoms with Gasteiger partial charge in [-0.25, -0.2) is 4.79 Å². The minimum atomic E-state index is -0.425. The Bertz CT molecular complexity index is 1000. The second-order valence-corrected chi connectivity index (χ2v) is 7.94. The van der Waals surface area contributed by atoms with E-state index in [9.17, 15) is 14.4 Å². The molecule has 3 heterocycles. The Balaban J connectivity index is 1.51. The fourth-order valence-corrected chi connectivity index (χ4v) is 4.24. The van der Waals surface area contributed by atoms with Crippen molar-refractivity contribution in [3.05, 3.63) is 63.8 Å². The van der Waals surface area contributed by atoms with Gasteiger partial charge in [-0.3, -0.25) is 14.2 Å². The molecule has 2 aliphatic heterocycles. The number of aromatic nitrogens is 2. The maximum Gasteiger partial charge on any atom is 0.348 e. The average Bonchev–Trinajstić information content (AvgIpc) is 3.07. The summed E-state index contributed by atoms with van der Waals surface area (Å²) in [6.07, 6.45) is 0.121. The summed E-state index contributed by atoms with van der Waals surface area (Å²) >= 11 is 0. The third kappa shape index (κ3) is 4.14. The van der Waals surface area contributed by atoms with Crippen LogP contribution < -0.4 is 5.69 Å². The number of nitrogens with zero attached hydrogens (tertiary/aromatic N) is 4. The van der Waals surface area contributed by atoms with Gasteiger partial charge in [0.15, 0.2) is 0 Å². The zero-order valence-electron chi connectivity index (χ0n) is 17.3. The first-order valence-corrected chi connectivity index (χ1v) is 10.2. The van der Waals surface area contributed by atoms with Gasteiger partial charge in [0.25, 0.3) is 0 Å². The molecule has 0 unspecified atom stereocenters. The van der Waals surface area contributed by atoms with Crippen LogP contribution in [0.1, 0.15) is 23.4 Å². The van der Waals surface area contributed by atoms with Crippen LogP contribution in [0, 0.1) is 13.8 Å². The SMILES string of the molecule is Cc1cc(C)n(CC(=O)N2C[C@@H]3OCCC(=O)N(Cc4ccccc4)[C@H]3C2)c(=O)n1. The van der Waals surface area contributed by atoms with Crippen LogP contribution in [0.4, 0.5) is 0 Å². The Morgan fingerprint density at radius 3 is 2.67 bits per heavy atom. The van der Waals surface area contributed by atoms with Crippen molar-refractivity contribution >= 4 is 11.8 Å². The molecule has 30 heavy (non-hydrogen) atoms. The van der Waals surface area contributed by atoms with Crippen LogP contribution in [0.25, 0.3) is 0 Å². The minimum Gasteiger partial charge on any atom is -0.374 e. The highest BCUT2D eigenvalue weighted by molar-refractivity contribution is 5.79. The molecule has 0 aliphatic carbocycles. The van der Waals surface area contributed by atoms with Crippen molar-refractivity contribution in [2.75, 3.05) is 19.7 Å². The number of hydrogen-bond acceptors (Lipinski definition) is 5. The Morgan fingerprint density at radius 1 is 1.17 bits per heavy atom. The van der Waals surface area contributed by atoms with Crippen molar-refractivity contribution in [3.8, 4) is 0 Å². The van der Waals surface area contributed by atoms with E-state index in [1.54, 1.807) is 24.8 Å². The number of fused-ring (bicyclic) bond motifs is 1. The summed E-state index contributed by atoms with van der Waals surface area (Å²) < 4.78 is 7.31. The van der Waals surface area contributed by atoms with Crippen molar-refractivity contribution in [1.82, 2.24) is 19.4 Å². The first-order chi connectivity index (χ1) is 14.4. The van der Waals surface area contributed by atoms with Gasteiger partial charge in [-0.1, -0.05) is 30.3 Å². The van der Waals surface area contributed by atoms with Gasteiger partial charge < -0.3 is 14.5 Å². The molecule has 0 N–H and O–H groups in total. The molecule has 4 rings (SSSR count). The van der Waals surface area contributed by atoms with Gasteiger partial charge in [-0.2, -0.15) is 4.98 Å². The van der Waals surface area contributed by atoms with Gasteiger partial charge >= 0.3 is 5.69 Å². The van der Waals surface area contributed by atoms with Crippen molar-refractivity contribution in [2.24, 2.45) is 0 Å². The summed E-state index contributed by atoms with van der Waals surface area (Å²) in [5, 5.41) is 0. The molecule has 0 radical (unpaired) electrons. The molecule has 158 valence electrons. The summed E-state index contributed by atoms with van der Waals surface area (Å²) in [7, 11) is 0. The Hall–Kier alpha value is -3.00. The fraction of sp³-hybridized carbons (Fsp3) is 0.455. The van der Waals surface area contributed by atoms with Crippen molar-refractivity contribution in [3.63, 3.8) is 0 Å². The third-order valence-corrected chi connectivity index (χ3v) is 5.79.